The summed E-state index contributed by atoms with van der Waals surface area (Å²) in [6.07, 6.45) is 0. The van der Waals surface area contributed by atoms with Gasteiger partial charge in [-0.15, -0.1) is 0 Å². The lowest BCUT2D eigenvalue weighted by Crippen LogP contribution is -2.13. The van der Waals surface area contributed by atoms with E-state index in [0.29, 0.717) is 4.83 Å². The molecule has 14 heavy (non-hydrogen) atoms. The van der Waals surface area contributed by atoms with E-state index in [1.165, 1.54) is 16.7 Å². The van der Waals surface area contributed by atoms with E-state index in [4.69, 9.17) is 0 Å². The summed E-state index contributed by atoms with van der Waals surface area (Å²) in [5.41, 5.74) is 4.33. The average Bonchev–Trinajstić information content (AvgIpc) is 1.99. The highest BCUT2D eigenvalue weighted by Gasteiger charge is 2.23. The molecule has 1 aromatic carbocycles. The Labute approximate surface area is 95.9 Å². The summed E-state index contributed by atoms with van der Waals surface area (Å²) >= 11 is 3.77. The molecule has 1 heteroatoms. The van der Waals surface area contributed by atoms with Gasteiger partial charge >= 0.3 is 0 Å². The van der Waals surface area contributed by atoms with Gasteiger partial charge in [0.15, 0.2) is 0 Å². The molecule has 0 bridgehead atoms. The summed E-state index contributed by atoms with van der Waals surface area (Å²) in [6.45, 7) is 11.1. The molecule has 0 saturated heterocycles. The highest BCUT2D eigenvalue weighted by atomic mass is 79.9. The first-order chi connectivity index (χ1) is 6.30. The predicted molar refractivity (Wildman–Crippen MR) is 67.0 cm³/mol. The topological polar surface area (TPSA) is 0 Å². The van der Waals surface area contributed by atoms with Crippen LogP contribution in [0.5, 0.6) is 0 Å². The van der Waals surface area contributed by atoms with E-state index in [2.05, 4.69) is 68.7 Å². The van der Waals surface area contributed by atoms with Gasteiger partial charge < -0.3 is 0 Å². The molecule has 0 amide bonds. The molecule has 0 nitrogen and oxygen atoms in total. The van der Waals surface area contributed by atoms with Crippen LogP contribution in [0.4, 0.5) is 0 Å². The van der Waals surface area contributed by atoms with Gasteiger partial charge in [0.2, 0.25) is 0 Å². The molecule has 1 aromatic rings. The van der Waals surface area contributed by atoms with Gasteiger partial charge in [0.25, 0.3) is 0 Å². The maximum absolute atomic E-state index is 3.77. The molecule has 0 fully saturated rings. The summed E-state index contributed by atoms with van der Waals surface area (Å²) in [5, 5.41) is 0. The second-order valence-corrected chi connectivity index (χ2v) is 6.07. The summed E-state index contributed by atoms with van der Waals surface area (Å²) in [7, 11) is 0. The highest BCUT2D eigenvalue weighted by Crippen LogP contribution is 2.40. The summed E-state index contributed by atoms with van der Waals surface area (Å²) in [5.74, 6) is 0. The molecule has 1 unspecified atom stereocenters. The third-order valence-electron chi connectivity index (χ3n) is 2.30. The Morgan fingerprint density at radius 3 is 1.79 bits per heavy atom. The first-order valence-electron chi connectivity index (χ1n) is 5.03. The average molecular weight is 255 g/mol. The van der Waals surface area contributed by atoms with Crippen molar-refractivity contribution >= 4 is 15.9 Å². The van der Waals surface area contributed by atoms with Crippen molar-refractivity contribution in [3.05, 3.63) is 34.9 Å². The second-order valence-electron chi connectivity index (χ2n) is 5.15. The van der Waals surface area contributed by atoms with Crippen molar-refractivity contribution in [1.82, 2.24) is 0 Å². The number of alkyl halides is 1. The lowest BCUT2D eigenvalue weighted by Gasteiger charge is -2.26. The molecule has 0 aliphatic carbocycles. The minimum atomic E-state index is 0.264. The quantitative estimate of drug-likeness (QED) is 0.633. The first kappa shape index (κ1) is 11.8. The Morgan fingerprint density at radius 1 is 1.00 bits per heavy atom. The minimum absolute atomic E-state index is 0.264. The highest BCUT2D eigenvalue weighted by molar-refractivity contribution is 9.09. The molecule has 0 heterocycles. The van der Waals surface area contributed by atoms with Crippen LogP contribution in [0.3, 0.4) is 0 Å². The third kappa shape index (κ3) is 2.84. The standard InChI is InChI=1S/C13H19Br/c1-9-6-10(2)8-11(7-9)12(14)13(3,4)5/h6-8,12H,1-5H3. The van der Waals surface area contributed by atoms with Crippen molar-refractivity contribution in [1.29, 1.82) is 0 Å². The molecule has 0 saturated carbocycles. The lowest BCUT2D eigenvalue weighted by atomic mass is 9.87. The van der Waals surface area contributed by atoms with E-state index in [1.54, 1.807) is 0 Å². The molecule has 1 atom stereocenters. The third-order valence-corrected chi connectivity index (χ3v) is 4.20. The van der Waals surface area contributed by atoms with Crippen molar-refractivity contribution in [3.63, 3.8) is 0 Å². The van der Waals surface area contributed by atoms with Crippen LogP contribution in [-0.4, -0.2) is 0 Å². The first-order valence-corrected chi connectivity index (χ1v) is 5.94. The molecular weight excluding hydrogens is 236 g/mol. The number of benzene rings is 1. The summed E-state index contributed by atoms with van der Waals surface area (Å²) in [6, 6.07) is 6.74. The zero-order chi connectivity index (χ0) is 10.9. The number of hydrogen-bond donors (Lipinski definition) is 0. The predicted octanol–water partition coefficient (Wildman–Crippen LogP) is 4.79. The maximum atomic E-state index is 3.77. The fourth-order valence-electron chi connectivity index (χ4n) is 1.66. The van der Waals surface area contributed by atoms with Gasteiger partial charge in [0.1, 0.15) is 0 Å². The van der Waals surface area contributed by atoms with Gasteiger partial charge in [0, 0.05) is 4.83 Å². The second kappa shape index (κ2) is 4.06. The molecule has 1 rings (SSSR count). The number of aryl methyl sites for hydroxylation is 2. The molecule has 0 aromatic heterocycles. The van der Waals surface area contributed by atoms with E-state index >= 15 is 0 Å². The van der Waals surface area contributed by atoms with Gasteiger partial charge in [-0.3, -0.25) is 0 Å². The molecular formula is C13H19Br. The Morgan fingerprint density at radius 2 is 1.43 bits per heavy atom. The lowest BCUT2D eigenvalue weighted by molar-refractivity contribution is 0.407. The molecule has 0 aliphatic heterocycles. The smallest absolute Gasteiger partial charge is 0.0443 e. The van der Waals surface area contributed by atoms with Crippen LogP contribution in [0.2, 0.25) is 0 Å². The van der Waals surface area contributed by atoms with Crippen LogP contribution < -0.4 is 0 Å². The Bertz CT molecular complexity index is 300. The van der Waals surface area contributed by atoms with Crippen LogP contribution in [-0.2, 0) is 0 Å². The molecule has 0 spiro atoms. The summed E-state index contributed by atoms with van der Waals surface area (Å²) < 4.78 is 0. The van der Waals surface area contributed by atoms with Crippen molar-refractivity contribution < 1.29 is 0 Å². The molecule has 78 valence electrons. The largest absolute Gasteiger partial charge is 0.0833 e. The van der Waals surface area contributed by atoms with Crippen LogP contribution in [0.25, 0.3) is 0 Å². The van der Waals surface area contributed by atoms with Gasteiger partial charge in [0.05, 0.1) is 0 Å². The Balaban J connectivity index is 3.07. The van der Waals surface area contributed by atoms with E-state index in [1.807, 2.05) is 0 Å². The monoisotopic (exact) mass is 254 g/mol. The van der Waals surface area contributed by atoms with Gasteiger partial charge in [-0.05, 0) is 24.8 Å². The van der Waals surface area contributed by atoms with Gasteiger partial charge in [-0.2, -0.15) is 0 Å². The molecule has 0 aliphatic rings. The van der Waals surface area contributed by atoms with Crippen molar-refractivity contribution in [3.8, 4) is 0 Å². The van der Waals surface area contributed by atoms with E-state index in [9.17, 15) is 0 Å². The zero-order valence-electron chi connectivity index (χ0n) is 9.69. The van der Waals surface area contributed by atoms with Crippen LogP contribution >= 0.6 is 15.9 Å². The number of hydrogen-bond acceptors (Lipinski definition) is 0. The Kier molecular flexibility index (Phi) is 3.41. The number of rotatable bonds is 1. The zero-order valence-corrected chi connectivity index (χ0v) is 11.3. The van der Waals surface area contributed by atoms with Gasteiger partial charge in [-0.1, -0.05) is 66.0 Å². The fourth-order valence-corrected chi connectivity index (χ4v) is 1.92. The van der Waals surface area contributed by atoms with Crippen LogP contribution in [0.1, 0.15) is 42.3 Å². The minimum Gasteiger partial charge on any atom is -0.0833 e. The Hall–Kier alpha value is -0.300. The van der Waals surface area contributed by atoms with Crippen LogP contribution in [0, 0.1) is 19.3 Å². The van der Waals surface area contributed by atoms with Crippen molar-refractivity contribution in [2.75, 3.05) is 0 Å². The molecule has 0 radical (unpaired) electrons. The summed E-state index contributed by atoms with van der Waals surface area (Å²) in [4.78, 5) is 0.425. The van der Waals surface area contributed by atoms with Crippen molar-refractivity contribution in [2.45, 2.75) is 39.4 Å². The van der Waals surface area contributed by atoms with E-state index < -0.39 is 0 Å². The van der Waals surface area contributed by atoms with Crippen LogP contribution in [0.15, 0.2) is 18.2 Å². The van der Waals surface area contributed by atoms with Gasteiger partial charge in [-0.25, -0.2) is 0 Å². The SMILES string of the molecule is Cc1cc(C)cc(C(Br)C(C)(C)C)c1. The number of halogens is 1. The fraction of sp³-hybridized carbons (Fsp3) is 0.538. The normalized spacial score (nSPS) is 14.1. The molecule has 0 N–H and O–H groups in total. The van der Waals surface area contributed by atoms with Crippen molar-refractivity contribution in [2.24, 2.45) is 5.41 Å². The van der Waals surface area contributed by atoms with E-state index in [-0.39, 0.29) is 5.41 Å². The maximum Gasteiger partial charge on any atom is 0.0443 e. The van der Waals surface area contributed by atoms with E-state index in [0.717, 1.165) is 0 Å².